The summed E-state index contributed by atoms with van der Waals surface area (Å²) < 4.78 is 0.968. The maximum atomic E-state index is 12.2. The molecule has 1 amide bonds. The molecule has 2 unspecified atom stereocenters. The first kappa shape index (κ1) is 16.3. The van der Waals surface area contributed by atoms with Gasteiger partial charge in [-0.15, -0.1) is 12.4 Å². The van der Waals surface area contributed by atoms with Crippen molar-refractivity contribution in [3.8, 4) is 0 Å². The molecule has 0 saturated carbocycles. The lowest BCUT2D eigenvalue weighted by atomic mass is 9.99. The Labute approximate surface area is 143 Å². The molecule has 1 aromatic rings. The van der Waals surface area contributed by atoms with Crippen LogP contribution in [0.1, 0.15) is 36.0 Å². The fraction of sp³-hybridized carbons (Fsp3) is 0.500. The number of nitrogens with one attached hydrogen (secondary N) is 2. The minimum atomic E-state index is -0.00963. The minimum Gasteiger partial charge on any atom is -0.349 e. The number of halogens is 3. The van der Waals surface area contributed by atoms with Crippen molar-refractivity contribution in [2.45, 2.75) is 43.8 Å². The number of amides is 1. The summed E-state index contributed by atoms with van der Waals surface area (Å²) in [7, 11) is 0. The maximum Gasteiger partial charge on any atom is 0.251 e. The first-order valence-corrected chi connectivity index (χ1v) is 8.09. The molecule has 0 spiro atoms. The quantitative estimate of drug-likeness (QED) is 0.711. The fourth-order valence-electron chi connectivity index (χ4n) is 3.08. The van der Waals surface area contributed by atoms with E-state index in [0.717, 1.165) is 16.4 Å². The molecule has 2 heterocycles. The van der Waals surface area contributed by atoms with Gasteiger partial charge in [-0.1, -0.05) is 11.6 Å². The zero-order valence-corrected chi connectivity index (χ0v) is 14.6. The highest BCUT2D eigenvalue weighted by molar-refractivity contribution is 14.1. The first-order chi connectivity index (χ1) is 9.11. The Morgan fingerprint density at radius 2 is 1.95 bits per heavy atom. The van der Waals surface area contributed by atoms with Gasteiger partial charge in [0.25, 0.3) is 5.91 Å². The highest BCUT2D eigenvalue weighted by atomic mass is 127. The summed E-state index contributed by atoms with van der Waals surface area (Å²) >= 11 is 8.22. The summed E-state index contributed by atoms with van der Waals surface area (Å²) in [5, 5.41) is 7.36. The number of fused-ring (bicyclic) bond motifs is 2. The predicted molar refractivity (Wildman–Crippen MR) is 91.9 cm³/mol. The number of rotatable bonds is 2. The second-order valence-electron chi connectivity index (χ2n) is 5.41. The van der Waals surface area contributed by atoms with Gasteiger partial charge >= 0.3 is 0 Å². The molecule has 0 aliphatic carbocycles. The SMILES string of the molecule is Cl.O=C(NC1CC2CCC(C1)N2)c1ccc(I)c(Cl)c1. The van der Waals surface area contributed by atoms with Crippen molar-refractivity contribution in [2.75, 3.05) is 0 Å². The Balaban J connectivity index is 0.00000147. The lowest BCUT2D eigenvalue weighted by Gasteiger charge is -2.29. The number of hydrogen-bond acceptors (Lipinski definition) is 2. The minimum absolute atomic E-state index is 0. The molecule has 3 nitrogen and oxygen atoms in total. The Morgan fingerprint density at radius 3 is 2.55 bits per heavy atom. The van der Waals surface area contributed by atoms with Gasteiger partial charge in [-0.25, -0.2) is 0 Å². The number of hydrogen-bond donors (Lipinski definition) is 2. The van der Waals surface area contributed by atoms with Crippen LogP contribution >= 0.6 is 46.6 Å². The van der Waals surface area contributed by atoms with Crippen molar-refractivity contribution in [2.24, 2.45) is 0 Å². The van der Waals surface area contributed by atoms with Crippen molar-refractivity contribution in [3.63, 3.8) is 0 Å². The third-order valence-electron chi connectivity index (χ3n) is 3.99. The van der Waals surface area contributed by atoms with Crippen molar-refractivity contribution < 1.29 is 4.79 Å². The van der Waals surface area contributed by atoms with Gasteiger partial charge in [0.1, 0.15) is 0 Å². The second kappa shape index (κ2) is 6.81. The molecule has 2 N–H and O–H groups in total. The average molecular weight is 427 g/mol. The Hall–Kier alpha value is -0.0400. The van der Waals surface area contributed by atoms with E-state index >= 15 is 0 Å². The van der Waals surface area contributed by atoms with Crippen LogP contribution in [0.2, 0.25) is 5.02 Å². The smallest absolute Gasteiger partial charge is 0.251 e. The molecule has 0 radical (unpaired) electrons. The van der Waals surface area contributed by atoms with Crippen LogP contribution in [-0.4, -0.2) is 24.0 Å². The van der Waals surface area contributed by atoms with E-state index in [1.165, 1.54) is 12.8 Å². The van der Waals surface area contributed by atoms with Crippen LogP contribution in [0.5, 0.6) is 0 Å². The Kier molecular flexibility index (Phi) is 5.56. The van der Waals surface area contributed by atoms with Gasteiger partial charge in [-0.05, 0) is 66.5 Å². The zero-order chi connectivity index (χ0) is 13.4. The van der Waals surface area contributed by atoms with Gasteiger partial charge in [0.05, 0.1) is 5.02 Å². The zero-order valence-electron chi connectivity index (χ0n) is 10.9. The third-order valence-corrected chi connectivity index (χ3v) is 5.56. The lowest BCUT2D eigenvalue weighted by Crippen LogP contribution is -2.48. The van der Waals surface area contributed by atoms with Gasteiger partial charge in [0.15, 0.2) is 0 Å². The van der Waals surface area contributed by atoms with Crippen molar-refractivity contribution in [3.05, 3.63) is 32.4 Å². The van der Waals surface area contributed by atoms with E-state index in [1.54, 1.807) is 6.07 Å². The molecule has 1 aromatic carbocycles. The van der Waals surface area contributed by atoms with E-state index in [1.807, 2.05) is 12.1 Å². The Bertz CT molecular complexity index is 500. The summed E-state index contributed by atoms with van der Waals surface area (Å²) in [5.41, 5.74) is 0.649. The molecule has 3 rings (SSSR count). The van der Waals surface area contributed by atoms with Crippen LogP contribution in [0.25, 0.3) is 0 Å². The molecule has 2 aliphatic rings. The molecule has 2 bridgehead atoms. The highest BCUT2D eigenvalue weighted by Gasteiger charge is 2.34. The van der Waals surface area contributed by atoms with Gasteiger partial charge < -0.3 is 10.6 Å². The summed E-state index contributed by atoms with van der Waals surface area (Å²) in [6.45, 7) is 0. The topological polar surface area (TPSA) is 41.1 Å². The normalized spacial score (nSPS) is 27.8. The molecule has 2 fully saturated rings. The fourth-order valence-corrected chi connectivity index (χ4v) is 3.60. The molecular formula is C14H17Cl2IN2O. The molecule has 2 saturated heterocycles. The van der Waals surface area contributed by atoms with E-state index in [2.05, 4.69) is 33.2 Å². The van der Waals surface area contributed by atoms with E-state index in [0.29, 0.717) is 28.7 Å². The van der Waals surface area contributed by atoms with Crippen molar-refractivity contribution >= 4 is 52.5 Å². The van der Waals surface area contributed by atoms with E-state index < -0.39 is 0 Å². The van der Waals surface area contributed by atoms with Gasteiger partial charge in [0, 0.05) is 27.3 Å². The second-order valence-corrected chi connectivity index (χ2v) is 6.98. The lowest BCUT2D eigenvalue weighted by molar-refractivity contribution is 0.0924. The van der Waals surface area contributed by atoms with E-state index in [4.69, 9.17) is 11.6 Å². The molecule has 110 valence electrons. The standard InChI is InChI=1S/C14H16ClIN2O.ClH/c15-12-5-8(1-4-13(12)16)14(19)18-11-6-9-2-3-10(7-11)17-9;/h1,4-5,9-11,17H,2-3,6-7H2,(H,18,19);1H. The summed E-state index contributed by atoms with van der Waals surface area (Å²) in [4.78, 5) is 12.2. The number of carbonyl (C=O) groups is 1. The molecule has 2 atom stereocenters. The molecule has 20 heavy (non-hydrogen) atoms. The third kappa shape index (κ3) is 3.59. The predicted octanol–water partition coefficient (Wildman–Crippen LogP) is 3.38. The van der Waals surface area contributed by atoms with Crippen LogP contribution in [-0.2, 0) is 0 Å². The number of carbonyl (C=O) groups excluding carboxylic acids is 1. The number of benzene rings is 1. The molecule has 6 heteroatoms. The molecular weight excluding hydrogens is 410 g/mol. The van der Waals surface area contributed by atoms with E-state index in [9.17, 15) is 4.79 Å². The van der Waals surface area contributed by atoms with Crippen LogP contribution in [0.4, 0.5) is 0 Å². The van der Waals surface area contributed by atoms with Gasteiger partial charge in [-0.3, -0.25) is 4.79 Å². The summed E-state index contributed by atoms with van der Waals surface area (Å²) in [6.07, 6.45) is 4.57. The number of piperidine rings is 1. The van der Waals surface area contributed by atoms with Crippen LogP contribution < -0.4 is 10.6 Å². The maximum absolute atomic E-state index is 12.2. The summed E-state index contributed by atoms with van der Waals surface area (Å²) in [5.74, 6) is -0.00963. The molecule has 0 aromatic heterocycles. The van der Waals surface area contributed by atoms with Crippen LogP contribution in [0.15, 0.2) is 18.2 Å². The Morgan fingerprint density at radius 1 is 1.30 bits per heavy atom. The highest BCUT2D eigenvalue weighted by Crippen LogP contribution is 2.27. The van der Waals surface area contributed by atoms with Crippen molar-refractivity contribution in [1.29, 1.82) is 0 Å². The van der Waals surface area contributed by atoms with Crippen LogP contribution in [0.3, 0.4) is 0 Å². The van der Waals surface area contributed by atoms with Crippen molar-refractivity contribution in [1.82, 2.24) is 10.6 Å². The molecule has 2 aliphatic heterocycles. The largest absolute Gasteiger partial charge is 0.349 e. The first-order valence-electron chi connectivity index (χ1n) is 6.64. The average Bonchev–Trinajstić information content (AvgIpc) is 2.72. The monoisotopic (exact) mass is 426 g/mol. The summed E-state index contributed by atoms with van der Waals surface area (Å²) in [6, 6.07) is 6.93. The van der Waals surface area contributed by atoms with E-state index in [-0.39, 0.29) is 18.3 Å². The van der Waals surface area contributed by atoms with Gasteiger partial charge in [0.2, 0.25) is 0 Å². The van der Waals surface area contributed by atoms with Crippen LogP contribution in [0, 0.1) is 3.57 Å². The van der Waals surface area contributed by atoms with Gasteiger partial charge in [-0.2, -0.15) is 0 Å².